The van der Waals surface area contributed by atoms with Crippen LogP contribution in [-0.2, 0) is 9.57 Å². The van der Waals surface area contributed by atoms with Gasteiger partial charge in [-0.15, -0.1) is 11.8 Å². The van der Waals surface area contributed by atoms with Gasteiger partial charge in [0.05, 0.1) is 12.3 Å². The van der Waals surface area contributed by atoms with Crippen molar-refractivity contribution in [3.05, 3.63) is 17.8 Å². The van der Waals surface area contributed by atoms with Gasteiger partial charge >= 0.3 is 0 Å². The Hall–Kier alpha value is -1.82. The van der Waals surface area contributed by atoms with Gasteiger partial charge in [0.25, 0.3) is 0 Å². The number of ether oxygens (including phenoxy) is 1. The van der Waals surface area contributed by atoms with E-state index < -0.39 is 0 Å². The lowest BCUT2D eigenvalue weighted by Crippen LogP contribution is -2.19. The molecule has 0 aliphatic carbocycles. The summed E-state index contributed by atoms with van der Waals surface area (Å²) in [4.78, 5) is 9.89. The van der Waals surface area contributed by atoms with Gasteiger partial charge in [-0.05, 0) is 19.1 Å². The molecule has 7 nitrogen and oxygen atoms in total. The molecule has 2 aromatic rings. The Labute approximate surface area is 126 Å². The van der Waals surface area contributed by atoms with E-state index in [1.807, 2.05) is 6.26 Å². The average molecular weight is 305 g/mol. The molecule has 1 fully saturated rings. The number of nitrogens with one attached hydrogen (secondary N) is 1. The van der Waals surface area contributed by atoms with Gasteiger partial charge in [-0.2, -0.15) is 14.9 Å². The summed E-state index contributed by atoms with van der Waals surface area (Å²) in [5.74, 6) is 0.495. The molecule has 0 spiro atoms. The van der Waals surface area contributed by atoms with Crippen molar-refractivity contribution in [1.82, 2.24) is 14.6 Å². The van der Waals surface area contributed by atoms with Crippen LogP contribution in [0.1, 0.15) is 18.4 Å². The Morgan fingerprint density at radius 3 is 3.29 bits per heavy atom. The Morgan fingerprint density at radius 2 is 2.57 bits per heavy atom. The second-order valence-corrected chi connectivity index (χ2v) is 5.40. The van der Waals surface area contributed by atoms with Gasteiger partial charge in [-0.3, -0.25) is 4.84 Å². The third-order valence-corrected chi connectivity index (χ3v) is 3.95. The van der Waals surface area contributed by atoms with Gasteiger partial charge in [0.15, 0.2) is 11.5 Å². The Morgan fingerprint density at radius 1 is 1.67 bits per heavy atom. The predicted molar refractivity (Wildman–Crippen MR) is 78.0 cm³/mol. The fraction of sp³-hybridized carbons (Fsp3) is 0.462. The van der Waals surface area contributed by atoms with Gasteiger partial charge in [-0.1, -0.05) is 0 Å². The van der Waals surface area contributed by atoms with Crippen LogP contribution in [0.5, 0.6) is 0 Å². The van der Waals surface area contributed by atoms with E-state index in [1.54, 1.807) is 16.8 Å². The number of aromatic nitrogens is 3. The average Bonchev–Trinajstić information content (AvgIpc) is 3.17. The van der Waals surface area contributed by atoms with E-state index >= 15 is 0 Å². The molecule has 0 amide bonds. The smallest absolute Gasteiger partial charge is 0.174 e. The highest BCUT2D eigenvalue weighted by Crippen LogP contribution is 2.26. The van der Waals surface area contributed by atoms with Gasteiger partial charge in [-0.25, -0.2) is 10.5 Å². The maximum absolute atomic E-state index is 9.37. The van der Waals surface area contributed by atoms with E-state index in [-0.39, 0.29) is 6.10 Å². The normalized spacial score (nSPS) is 18.0. The number of thioether (sulfide) groups is 1. The first-order valence-electron chi connectivity index (χ1n) is 6.64. The first-order chi connectivity index (χ1) is 10.3. The number of anilines is 1. The predicted octanol–water partition coefficient (Wildman–Crippen LogP) is 1.85. The van der Waals surface area contributed by atoms with Crippen molar-refractivity contribution in [3.8, 4) is 6.07 Å². The van der Waals surface area contributed by atoms with Crippen molar-refractivity contribution < 1.29 is 9.57 Å². The largest absolute Gasteiger partial charge is 0.376 e. The number of nitriles is 1. The molecule has 2 aromatic heterocycles. The number of hydrogen-bond acceptors (Lipinski definition) is 7. The molecule has 110 valence electrons. The van der Waals surface area contributed by atoms with E-state index in [1.165, 1.54) is 11.8 Å². The zero-order chi connectivity index (χ0) is 14.7. The van der Waals surface area contributed by atoms with Crippen LogP contribution in [-0.4, -0.2) is 40.2 Å². The lowest BCUT2D eigenvalue weighted by molar-refractivity contribution is 0.0365. The topological polar surface area (TPSA) is 84.5 Å². The third-order valence-electron chi connectivity index (χ3n) is 3.27. The van der Waals surface area contributed by atoms with Crippen LogP contribution in [0.2, 0.25) is 0 Å². The fourth-order valence-corrected chi connectivity index (χ4v) is 2.77. The molecule has 3 rings (SSSR count). The second-order valence-electron chi connectivity index (χ2n) is 4.61. The molecular weight excluding hydrogens is 290 g/mol. The number of hydrogen-bond donors (Lipinski definition) is 1. The second kappa shape index (κ2) is 6.30. The van der Waals surface area contributed by atoms with Crippen molar-refractivity contribution in [3.63, 3.8) is 0 Å². The third kappa shape index (κ3) is 2.81. The van der Waals surface area contributed by atoms with E-state index in [0.717, 1.165) is 19.4 Å². The molecule has 1 N–H and O–H groups in total. The first-order valence-corrected chi connectivity index (χ1v) is 7.87. The lowest BCUT2D eigenvalue weighted by atomic mass is 10.2. The Kier molecular flexibility index (Phi) is 4.24. The quantitative estimate of drug-likeness (QED) is 0.512. The van der Waals surface area contributed by atoms with Gasteiger partial charge in [0.1, 0.15) is 23.3 Å². The molecule has 3 heterocycles. The van der Waals surface area contributed by atoms with Gasteiger partial charge in [0, 0.05) is 12.7 Å². The minimum absolute atomic E-state index is 0.109. The van der Waals surface area contributed by atoms with Crippen molar-refractivity contribution >= 4 is 23.2 Å². The van der Waals surface area contributed by atoms with Crippen molar-refractivity contribution in [2.45, 2.75) is 24.0 Å². The number of nitrogens with zero attached hydrogens (tertiary/aromatic N) is 4. The highest BCUT2D eigenvalue weighted by Gasteiger charge is 2.18. The Bertz CT molecular complexity index is 675. The molecule has 21 heavy (non-hydrogen) atoms. The van der Waals surface area contributed by atoms with Crippen LogP contribution in [0, 0.1) is 11.3 Å². The number of fused-ring (bicyclic) bond motifs is 1. The molecule has 1 saturated heterocycles. The van der Waals surface area contributed by atoms with Crippen LogP contribution in [0.15, 0.2) is 17.3 Å². The zero-order valence-electron chi connectivity index (χ0n) is 11.6. The molecule has 0 radical (unpaired) electrons. The van der Waals surface area contributed by atoms with Crippen LogP contribution in [0.3, 0.4) is 0 Å². The summed E-state index contributed by atoms with van der Waals surface area (Å²) >= 11 is 1.42. The van der Waals surface area contributed by atoms with E-state index in [4.69, 9.17) is 9.57 Å². The SMILES string of the molecule is CSc1nc2ccnn2c(NOCC2CCCO2)c1C#N. The summed E-state index contributed by atoms with van der Waals surface area (Å²) in [5, 5.41) is 14.2. The van der Waals surface area contributed by atoms with Gasteiger partial charge in [0.2, 0.25) is 0 Å². The summed E-state index contributed by atoms with van der Waals surface area (Å²) in [5.41, 5.74) is 3.93. The molecule has 1 unspecified atom stereocenters. The molecule has 1 atom stereocenters. The summed E-state index contributed by atoms with van der Waals surface area (Å²) in [6.07, 6.45) is 5.69. The molecule has 0 saturated carbocycles. The summed E-state index contributed by atoms with van der Waals surface area (Å²) in [6.45, 7) is 1.22. The Balaban J connectivity index is 1.84. The standard InChI is InChI=1S/C13H15N5O2S/c1-21-13-10(7-14)12(18-11(16-13)4-5-15-18)17-20-8-9-3-2-6-19-9/h4-5,9,17H,2-3,6,8H2,1H3. The summed E-state index contributed by atoms with van der Waals surface area (Å²) in [6, 6.07) is 3.94. The minimum Gasteiger partial charge on any atom is -0.376 e. The van der Waals surface area contributed by atoms with Crippen molar-refractivity contribution in [1.29, 1.82) is 5.26 Å². The van der Waals surface area contributed by atoms with E-state index in [2.05, 4.69) is 21.6 Å². The van der Waals surface area contributed by atoms with Gasteiger partial charge < -0.3 is 4.74 Å². The molecule has 1 aliphatic rings. The first kappa shape index (κ1) is 14.1. The summed E-state index contributed by atoms with van der Waals surface area (Å²) in [7, 11) is 0. The minimum atomic E-state index is 0.109. The summed E-state index contributed by atoms with van der Waals surface area (Å²) < 4.78 is 7.06. The zero-order valence-corrected chi connectivity index (χ0v) is 12.4. The van der Waals surface area contributed by atoms with Crippen LogP contribution >= 0.6 is 11.8 Å². The monoisotopic (exact) mass is 305 g/mol. The molecular formula is C13H15N5O2S. The van der Waals surface area contributed by atoms with Crippen LogP contribution in [0.25, 0.3) is 5.65 Å². The van der Waals surface area contributed by atoms with Crippen LogP contribution in [0.4, 0.5) is 5.82 Å². The number of rotatable bonds is 5. The maximum Gasteiger partial charge on any atom is 0.174 e. The maximum atomic E-state index is 9.37. The molecule has 1 aliphatic heterocycles. The highest BCUT2D eigenvalue weighted by molar-refractivity contribution is 7.98. The molecule has 0 aromatic carbocycles. The van der Waals surface area contributed by atoms with Crippen LogP contribution < -0.4 is 5.48 Å². The molecule has 8 heteroatoms. The van der Waals surface area contributed by atoms with E-state index in [9.17, 15) is 5.26 Å². The van der Waals surface area contributed by atoms with E-state index in [0.29, 0.717) is 28.7 Å². The molecule has 0 bridgehead atoms. The highest BCUT2D eigenvalue weighted by atomic mass is 32.2. The van der Waals surface area contributed by atoms with Crippen molar-refractivity contribution in [2.24, 2.45) is 0 Å². The lowest BCUT2D eigenvalue weighted by Gasteiger charge is -2.14. The van der Waals surface area contributed by atoms with Crippen molar-refractivity contribution in [2.75, 3.05) is 24.9 Å². The fourth-order valence-electron chi connectivity index (χ4n) is 2.24.